The van der Waals surface area contributed by atoms with E-state index in [0.29, 0.717) is 34.5 Å². The molecule has 0 atom stereocenters. The van der Waals surface area contributed by atoms with Crippen molar-refractivity contribution in [2.24, 2.45) is 0 Å². The van der Waals surface area contributed by atoms with E-state index in [1.54, 1.807) is 62.4 Å². The lowest BCUT2D eigenvalue weighted by molar-refractivity contribution is 0.0841. The van der Waals surface area contributed by atoms with Crippen LogP contribution in [0.5, 0.6) is 5.75 Å². The highest BCUT2D eigenvalue weighted by Gasteiger charge is 2.19. The van der Waals surface area contributed by atoms with Crippen molar-refractivity contribution in [2.75, 3.05) is 0 Å². The zero-order valence-electron chi connectivity index (χ0n) is 18.9. The summed E-state index contributed by atoms with van der Waals surface area (Å²) in [5, 5.41) is 8.82. The van der Waals surface area contributed by atoms with E-state index in [9.17, 15) is 14.4 Å². The number of para-hydroxylation sites is 1. The Morgan fingerprint density at radius 1 is 1.00 bits per heavy atom. The fourth-order valence-electron chi connectivity index (χ4n) is 3.50. The average Bonchev–Trinajstić information content (AvgIpc) is 3.18. The van der Waals surface area contributed by atoms with Gasteiger partial charge in [0.1, 0.15) is 18.1 Å². The van der Waals surface area contributed by atoms with Gasteiger partial charge in [0.2, 0.25) is 0 Å². The van der Waals surface area contributed by atoms with Gasteiger partial charge in [0.15, 0.2) is 5.69 Å². The first-order valence-electron chi connectivity index (χ1n) is 10.6. The number of carbonyl (C=O) groups excluding carboxylic acids is 2. The Morgan fingerprint density at radius 3 is 2.38 bits per heavy atom. The van der Waals surface area contributed by atoms with Crippen LogP contribution in [0.25, 0.3) is 10.8 Å². The van der Waals surface area contributed by atoms with E-state index in [4.69, 9.17) is 9.26 Å². The number of nitrogens with zero attached hydrogens (tertiary/aromatic N) is 3. The molecule has 2 aromatic heterocycles. The standard InChI is InChI=1S/C24H23N5O5/c1-4-29-24(32)17-10-6-5-9-16(17)21(27-29)23(31)26-25-22(30)18-11-7-8-12-20(18)33-13-19-14(2)28-34-15(19)3/h5-12H,4,13H2,1-3H3,(H,25,30)(H,26,31). The van der Waals surface area contributed by atoms with Gasteiger partial charge in [-0.05, 0) is 39.0 Å². The van der Waals surface area contributed by atoms with Crippen LogP contribution >= 0.6 is 0 Å². The molecule has 0 fully saturated rings. The zero-order chi connectivity index (χ0) is 24.2. The molecule has 0 saturated heterocycles. The lowest BCUT2D eigenvalue weighted by Crippen LogP contribution is -2.43. The van der Waals surface area contributed by atoms with Crippen molar-refractivity contribution in [3.63, 3.8) is 0 Å². The smallest absolute Gasteiger partial charge is 0.290 e. The lowest BCUT2D eigenvalue weighted by atomic mass is 10.1. The molecular weight excluding hydrogens is 438 g/mol. The molecule has 2 N–H and O–H groups in total. The largest absolute Gasteiger partial charge is 0.488 e. The van der Waals surface area contributed by atoms with Crippen molar-refractivity contribution in [3.05, 3.63) is 87.2 Å². The molecule has 0 aliphatic heterocycles. The SMILES string of the molecule is CCn1nc(C(=O)NNC(=O)c2ccccc2OCc2c(C)noc2C)c2ccccc2c1=O. The quantitative estimate of drug-likeness (QED) is 0.423. The normalized spacial score (nSPS) is 10.8. The van der Waals surface area contributed by atoms with Gasteiger partial charge in [0.05, 0.1) is 22.2 Å². The third-order valence-corrected chi connectivity index (χ3v) is 5.36. The number of nitrogens with one attached hydrogen (secondary N) is 2. The molecule has 0 unspecified atom stereocenters. The molecule has 0 aliphatic carbocycles. The number of aromatic nitrogens is 3. The van der Waals surface area contributed by atoms with E-state index in [0.717, 1.165) is 5.56 Å². The summed E-state index contributed by atoms with van der Waals surface area (Å²) in [7, 11) is 0. The Hall–Kier alpha value is -4.47. The number of rotatable bonds is 6. The Morgan fingerprint density at radius 2 is 1.68 bits per heavy atom. The van der Waals surface area contributed by atoms with Gasteiger partial charge < -0.3 is 9.26 Å². The van der Waals surface area contributed by atoms with Gasteiger partial charge in [0.25, 0.3) is 17.4 Å². The van der Waals surface area contributed by atoms with E-state index < -0.39 is 11.8 Å². The maximum Gasteiger partial charge on any atom is 0.290 e. The fourth-order valence-corrected chi connectivity index (χ4v) is 3.50. The van der Waals surface area contributed by atoms with Crippen molar-refractivity contribution < 1.29 is 18.8 Å². The highest BCUT2D eigenvalue weighted by Crippen LogP contribution is 2.21. The van der Waals surface area contributed by atoms with Crippen LogP contribution in [0.4, 0.5) is 0 Å². The minimum atomic E-state index is -0.652. The number of aryl methyl sites for hydroxylation is 3. The molecule has 4 aromatic rings. The minimum Gasteiger partial charge on any atom is -0.488 e. The third kappa shape index (κ3) is 4.38. The molecule has 0 saturated carbocycles. The summed E-state index contributed by atoms with van der Waals surface area (Å²) in [5.74, 6) is -0.256. The number of amides is 2. The second-order valence-electron chi connectivity index (χ2n) is 7.51. The molecule has 10 heteroatoms. The van der Waals surface area contributed by atoms with Crippen LogP contribution in [-0.4, -0.2) is 26.8 Å². The first kappa shape index (κ1) is 22.7. The van der Waals surface area contributed by atoms with Gasteiger partial charge in [-0.1, -0.05) is 35.5 Å². The molecular formula is C24H23N5O5. The van der Waals surface area contributed by atoms with Crippen molar-refractivity contribution in [3.8, 4) is 5.75 Å². The van der Waals surface area contributed by atoms with Crippen LogP contribution < -0.4 is 21.1 Å². The molecule has 0 spiro atoms. The van der Waals surface area contributed by atoms with Crippen molar-refractivity contribution >= 4 is 22.6 Å². The second kappa shape index (κ2) is 9.57. The van der Waals surface area contributed by atoms with Gasteiger partial charge in [0, 0.05) is 11.9 Å². The Balaban J connectivity index is 1.51. The lowest BCUT2D eigenvalue weighted by Gasteiger charge is -2.13. The van der Waals surface area contributed by atoms with Gasteiger partial charge in [-0.25, -0.2) is 4.68 Å². The Kier molecular flexibility index (Phi) is 6.39. The topological polar surface area (TPSA) is 128 Å². The molecule has 2 heterocycles. The number of benzene rings is 2. The van der Waals surface area contributed by atoms with Crippen molar-refractivity contribution in [1.29, 1.82) is 0 Å². The molecule has 0 bridgehead atoms. The highest BCUT2D eigenvalue weighted by molar-refractivity contribution is 6.06. The summed E-state index contributed by atoms with van der Waals surface area (Å²) < 4.78 is 12.2. The number of hydrogen-bond acceptors (Lipinski definition) is 7. The first-order valence-corrected chi connectivity index (χ1v) is 10.6. The maximum absolute atomic E-state index is 12.9. The van der Waals surface area contributed by atoms with E-state index in [-0.39, 0.29) is 23.4 Å². The number of fused-ring (bicyclic) bond motifs is 1. The third-order valence-electron chi connectivity index (χ3n) is 5.36. The van der Waals surface area contributed by atoms with E-state index in [2.05, 4.69) is 21.1 Å². The minimum absolute atomic E-state index is 0.0280. The van der Waals surface area contributed by atoms with Gasteiger partial charge in [-0.15, -0.1) is 0 Å². The highest BCUT2D eigenvalue weighted by atomic mass is 16.5. The molecule has 0 aliphatic rings. The van der Waals surface area contributed by atoms with Crippen molar-refractivity contribution in [1.82, 2.24) is 25.8 Å². The van der Waals surface area contributed by atoms with Crippen LogP contribution in [0.1, 0.15) is 44.8 Å². The molecule has 2 aromatic carbocycles. The predicted molar refractivity (Wildman–Crippen MR) is 123 cm³/mol. The summed E-state index contributed by atoms with van der Waals surface area (Å²) in [4.78, 5) is 38.2. The molecule has 2 amide bonds. The van der Waals surface area contributed by atoms with Gasteiger partial charge >= 0.3 is 0 Å². The van der Waals surface area contributed by atoms with Crippen LogP contribution in [0.3, 0.4) is 0 Å². The van der Waals surface area contributed by atoms with E-state index in [1.165, 1.54) is 4.68 Å². The Bertz CT molecular complexity index is 1420. The summed E-state index contributed by atoms with van der Waals surface area (Å²) in [6.45, 7) is 5.82. The molecule has 4 rings (SSSR count). The van der Waals surface area contributed by atoms with Gasteiger partial charge in [-0.2, -0.15) is 5.10 Å². The summed E-state index contributed by atoms with van der Waals surface area (Å²) >= 11 is 0. The van der Waals surface area contributed by atoms with Gasteiger partial charge in [-0.3, -0.25) is 25.2 Å². The average molecular weight is 461 g/mol. The van der Waals surface area contributed by atoms with Crippen LogP contribution in [0.2, 0.25) is 0 Å². The number of hydrazine groups is 1. The maximum atomic E-state index is 12.9. The first-order chi connectivity index (χ1) is 16.4. The molecule has 0 radical (unpaired) electrons. The molecule has 10 nitrogen and oxygen atoms in total. The summed E-state index contributed by atoms with van der Waals surface area (Å²) in [5.41, 5.74) is 6.25. The zero-order valence-corrected chi connectivity index (χ0v) is 18.9. The van der Waals surface area contributed by atoms with Crippen LogP contribution in [0.15, 0.2) is 57.8 Å². The summed E-state index contributed by atoms with van der Waals surface area (Å²) in [6, 6.07) is 13.4. The fraction of sp³-hybridized carbons (Fsp3) is 0.208. The van der Waals surface area contributed by atoms with E-state index >= 15 is 0 Å². The monoisotopic (exact) mass is 461 g/mol. The number of hydrogen-bond donors (Lipinski definition) is 2. The molecule has 34 heavy (non-hydrogen) atoms. The molecule has 174 valence electrons. The number of carbonyl (C=O) groups is 2. The number of ether oxygens (including phenoxy) is 1. The van der Waals surface area contributed by atoms with Crippen LogP contribution in [-0.2, 0) is 13.2 Å². The van der Waals surface area contributed by atoms with Crippen molar-refractivity contribution in [2.45, 2.75) is 33.9 Å². The Labute approximate surface area is 194 Å². The predicted octanol–water partition coefficient (Wildman–Crippen LogP) is 2.68. The summed E-state index contributed by atoms with van der Waals surface area (Å²) in [6.07, 6.45) is 0. The van der Waals surface area contributed by atoms with Crippen LogP contribution in [0, 0.1) is 13.8 Å². The van der Waals surface area contributed by atoms with E-state index in [1.807, 2.05) is 6.92 Å². The second-order valence-corrected chi connectivity index (χ2v) is 7.51.